The Hall–Kier alpha value is -1.99. The second kappa shape index (κ2) is 7.71. The zero-order chi connectivity index (χ0) is 18.7. The zero-order valence-corrected chi connectivity index (χ0v) is 17.0. The van der Waals surface area contributed by atoms with Crippen LogP contribution in [0.1, 0.15) is 34.9 Å². The number of pyridine rings is 1. The number of carbonyl (C=O) groups excluding carboxylic acids is 1. The Bertz CT molecular complexity index is 779. The minimum absolute atomic E-state index is 0.246. The molecule has 0 saturated heterocycles. The van der Waals surface area contributed by atoms with Crippen molar-refractivity contribution in [2.24, 2.45) is 0 Å². The summed E-state index contributed by atoms with van der Waals surface area (Å²) in [6.07, 6.45) is 4.21. The first-order chi connectivity index (χ1) is 12.4. The van der Waals surface area contributed by atoms with E-state index in [1.807, 2.05) is 12.3 Å². The van der Waals surface area contributed by atoms with E-state index < -0.39 is 14.0 Å². The molecule has 3 rings (SSSR count). The third kappa shape index (κ3) is 4.79. The van der Waals surface area contributed by atoms with Gasteiger partial charge in [-0.25, -0.2) is 9.48 Å². The predicted octanol–water partition coefficient (Wildman–Crippen LogP) is 3.92. The van der Waals surface area contributed by atoms with Crippen molar-refractivity contribution in [3.63, 3.8) is 0 Å². The van der Waals surface area contributed by atoms with Crippen LogP contribution in [0.25, 0.3) is 11.3 Å². The van der Waals surface area contributed by atoms with Crippen LogP contribution in [0.15, 0.2) is 24.4 Å². The number of rotatable bonds is 8. The van der Waals surface area contributed by atoms with Crippen LogP contribution in [-0.4, -0.2) is 42.5 Å². The van der Waals surface area contributed by atoms with Gasteiger partial charge in [-0.15, -0.1) is 0 Å². The van der Waals surface area contributed by atoms with Gasteiger partial charge in [0.05, 0.1) is 12.8 Å². The Morgan fingerprint density at radius 2 is 2.08 bits per heavy atom. The molecule has 2 aromatic rings. The van der Waals surface area contributed by atoms with Crippen molar-refractivity contribution in [3.05, 3.63) is 35.8 Å². The summed E-state index contributed by atoms with van der Waals surface area (Å²) in [5.74, 6) is 0.163. The van der Waals surface area contributed by atoms with Crippen LogP contribution in [0.2, 0.25) is 25.7 Å². The Morgan fingerprint density at radius 1 is 1.31 bits per heavy atom. The SMILES string of the molecule is COC(=O)c1cc(-c2ccnc(C3CC3)c2)nn1COCC[Si](C)(C)C. The molecule has 1 saturated carbocycles. The van der Waals surface area contributed by atoms with E-state index in [2.05, 4.69) is 35.8 Å². The lowest BCUT2D eigenvalue weighted by atomic mass is 10.1. The van der Waals surface area contributed by atoms with Gasteiger partial charge >= 0.3 is 5.97 Å². The van der Waals surface area contributed by atoms with Gasteiger partial charge in [0.1, 0.15) is 12.4 Å². The normalized spacial score (nSPS) is 14.5. The molecule has 0 aliphatic heterocycles. The highest BCUT2D eigenvalue weighted by Gasteiger charge is 2.25. The quantitative estimate of drug-likeness (QED) is 0.398. The molecule has 26 heavy (non-hydrogen) atoms. The molecular weight excluding hydrogens is 346 g/mol. The molecule has 0 spiro atoms. The lowest BCUT2D eigenvalue weighted by Crippen LogP contribution is -2.22. The highest BCUT2D eigenvalue weighted by molar-refractivity contribution is 6.76. The van der Waals surface area contributed by atoms with E-state index in [0.717, 1.165) is 23.0 Å². The van der Waals surface area contributed by atoms with E-state index >= 15 is 0 Å². The standard InChI is InChI=1S/C19H27N3O3Si/c1-24-19(23)18-12-17(15-7-8-20-16(11-15)14-5-6-14)21-22(18)13-25-9-10-26(2,3)4/h7-8,11-12,14H,5-6,9-10,13H2,1-4H3. The fourth-order valence-electron chi connectivity index (χ4n) is 2.66. The summed E-state index contributed by atoms with van der Waals surface area (Å²) in [5, 5.41) is 4.58. The summed E-state index contributed by atoms with van der Waals surface area (Å²) >= 11 is 0. The molecule has 2 heterocycles. The van der Waals surface area contributed by atoms with Gasteiger partial charge in [-0.05, 0) is 37.1 Å². The minimum Gasteiger partial charge on any atom is -0.464 e. The summed E-state index contributed by atoms with van der Waals surface area (Å²) in [6, 6.07) is 6.83. The lowest BCUT2D eigenvalue weighted by Gasteiger charge is -2.15. The third-order valence-corrected chi connectivity index (χ3v) is 6.16. The monoisotopic (exact) mass is 373 g/mol. The zero-order valence-electron chi connectivity index (χ0n) is 16.0. The molecule has 0 radical (unpaired) electrons. The van der Waals surface area contributed by atoms with E-state index in [-0.39, 0.29) is 6.73 Å². The van der Waals surface area contributed by atoms with Gasteiger partial charge in [-0.2, -0.15) is 5.10 Å². The summed E-state index contributed by atoms with van der Waals surface area (Å²) < 4.78 is 12.3. The smallest absolute Gasteiger partial charge is 0.356 e. The first-order valence-corrected chi connectivity index (χ1v) is 12.8. The molecule has 1 aliphatic rings. The van der Waals surface area contributed by atoms with Crippen LogP contribution >= 0.6 is 0 Å². The highest BCUT2D eigenvalue weighted by atomic mass is 28.3. The fraction of sp³-hybridized carbons (Fsp3) is 0.526. The van der Waals surface area contributed by atoms with Crippen LogP contribution in [0.3, 0.4) is 0 Å². The molecule has 2 aromatic heterocycles. The van der Waals surface area contributed by atoms with Crippen molar-refractivity contribution in [1.29, 1.82) is 0 Å². The molecule has 7 heteroatoms. The number of esters is 1. The highest BCUT2D eigenvalue weighted by Crippen LogP contribution is 2.39. The molecule has 0 aromatic carbocycles. The topological polar surface area (TPSA) is 66.2 Å². The lowest BCUT2D eigenvalue weighted by molar-refractivity contribution is 0.0518. The molecule has 1 fully saturated rings. The van der Waals surface area contributed by atoms with Crippen LogP contribution in [-0.2, 0) is 16.2 Å². The second-order valence-electron chi connectivity index (χ2n) is 8.00. The average molecular weight is 374 g/mol. The average Bonchev–Trinajstić information content (AvgIpc) is 3.37. The molecule has 140 valence electrons. The summed E-state index contributed by atoms with van der Waals surface area (Å²) in [4.78, 5) is 16.6. The van der Waals surface area contributed by atoms with Crippen molar-refractivity contribution < 1.29 is 14.3 Å². The van der Waals surface area contributed by atoms with Gasteiger partial charge in [0.2, 0.25) is 0 Å². The first kappa shape index (κ1) is 18.8. The Morgan fingerprint density at radius 3 is 2.73 bits per heavy atom. The van der Waals surface area contributed by atoms with Crippen molar-refractivity contribution >= 4 is 14.0 Å². The molecule has 0 bridgehead atoms. The molecular formula is C19H27N3O3Si. The van der Waals surface area contributed by atoms with E-state index in [1.54, 1.807) is 10.7 Å². The number of hydrogen-bond acceptors (Lipinski definition) is 5. The maximum atomic E-state index is 12.1. The Labute approximate surface area is 155 Å². The van der Waals surface area contributed by atoms with Gasteiger partial charge in [-0.3, -0.25) is 4.98 Å². The molecule has 1 aliphatic carbocycles. The fourth-order valence-corrected chi connectivity index (χ4v) is 3.42. The number of hydrogen-bond donors (Lipinski definition) is 0. The Kier molecular flexibility index (Phi) is 5.57. The number of ether oxygens (including phenoxy) is 2. The molecule has 0 N–H and O–H groups in total. The van der Waals surface area contributed by atoms with E-state index in [1.165, 1.54) is 20.0 Å². The largest absolute Gasteiger partial charge is 0.464 e. The van der Waals surface area contributed by atoms with Crippen molar-refractivity contribution in [1.82, 2.24) is 14.8 Å². The van der Waals surface area contributed by atoms with E-state index in [0.29, 0.717) is 18.2 Å². The van der Waals surface area contributed by atoms with Crippen LogP contribution < -0.4 is 0 Å². The van der Waals surface area contributed by atoms with E-state index in [9.17, 15) is 4.79 Å². The van der Waals surface area contributed by atoms with Crippen molar-refractivity contribution in [2.45, 2.75) is 51.2 Å². The molecule has 0 amide bonds. The number of carbonyl (C=O) groups is 1. The first-order valence-electron chi connectivity index (χ1n) is 9.07. The Balaban J connectivity index is 1.78. The van der Waals surface area contributed by atoms with E-state index in [4.69, 9.17) is 9.47 Å². The summed E-state index contributed by atoms with van der Waals surface area (Å²) in [6.45, 7) is 7.84. The van der Waals surface area contributed by atoms with Gasteiger partial charge in [0.15, 0.2) is 0 Å². The molecule has 0 atom stereocenters. The predicted molar refractivity (Wildman–Crippen MR) is 103 cm³/mol. The van der Waals surface area contributed by atoms with Crippen LogP contribution in [0.5, 0.6) is 0 Å². The van der Waals surface area contributed by atoms with Gasteiger partial charge in [0.25, 0.3) is 0 Å². The number of methoxy groups -OCH3 is 1. The molecule has 6 nitrogen and oxygen atoms in total. The van der Waals surface area contributed by atoms with Gasteiger partial charge in [-0.1, -0.05) is 19.6 Å². The maximum Gasteiger partial charge on any atom is 0.356 e. The van der Waals surface area contributed by atoms with Crippen LogP contribution in [0, 0.1) is 0 Å². The van der Waals surface area contributed by atoms with Crippen LogP contribution in [0.4, 0.5) is 0 Å². The van der Waals surface area contributed by atoms with Gasteiger partial charge < -0.3 is 9.47 Å². The number of nitrogens with zero attached hydrogens (tertiary/aromatic N) is 3. The summed E-state index contributed by atoms with van der Waals surface area (Å²) in [7, 11) is 0.228. The second-order valence-corrected chi connectivity index (χ2v) is 13.6. The molecule has 0 unspecified atom stereocenters. The van der Waals surface area contributed by atoms with Crippen molar-refractivity contribution in [2.75, 3.05) is 13.7 Å². The minimum atomic E-state index is -1.15. The van der Waals surface area contributed by atoms with Gasteiger partial charge in [0, 0.05) is 38.1 Å². The summed E-state index contributed by atoms with van der Waals surface area (Å²) in [5.41, 5.74) is 3.21. The third-order valence-electron chi connectivity index (χ3n) is 4.46. The van der Waals surface area contributed by atoms with Crippen molar-refractivity contribution in [3.8, 4) is 11.3 Å². The maximum absolute atomic E-state index is 12.1. The number of aromatic nitrogens is 3.